The van der Waals surface area contributed by atoms with Gasteiger partial charge in [0.1, 0.15) is 17.7 Å². The zero-order valence-electron chi connectivity index (χ0n) is 11.0. The average molecular weight is 253 g/mol. The Balaban J connectivity index is 2.30. The van der Waals surface area contributed by atoms with Gasteiger partial charge in [-0.1, -0.05) is 6.07 Å². The maximum absolute atomic E-state index is 4.42. The highest BCUT2D eigenvalue weighted by Gasteiger charge is 2.14. The largest absolute Gasteiger partial charge is 0.335 e. The van der Waals surface area contributed by atoms with Crippen LogP contribution in [0.25, 0.3) is 22.4 Å². The summed E-state index contributed by atoms with van der Waals surface area (Å²) < 4.78 is 2.02. The molecule has 5 heteroatoms. The minimum Gasteiger partial charge on any atom is -0.335 e. The monoisotopic (exact) mass is 253 g/mol. The highest BCUT2D eigenvalue weighted by molar-refractivity contribution is 5.92. The van der Waals surface area contributed by atoms with Gasteiger partial charge in [0.05, 0.1) is 11.1 Å². The van der Waals surface area contributed by atoms with Gasteiger partial charge in [0.25, 0.3) is 0 Å². The third-order valence-corrected chi connectivity index (χ3v) is 3.11. The van der Waals surface area contributed by atoms with Gasteiger partial charge in [0, 0.05) is 26.0 Å². The summed E-state index contributed by atoms with van der Waals surface area (Å²) in [5.41, 5.74) is 3.87. The summed E-state index contributed by atoms with van der Waals surface area (Å²) in [5.74, 6) is 0. The zero-order valence-corrected chi connectivity index (χ0v) is 11.0. The first kappa shape index (κ1) is 11.8. The molecule has 0 aliphatic rings. The number of rotatable bonds is 3. The van der Waals surface area contributed by atoms with Gasteiger partial charge in [-0.2, -0.15) is 0 Å². The quantitative estimate of drug-likeness (QED) is 0.772. The van der Waals surface area contributed by atoms with Crippen molar-refractivity contribution in [3.63, 3.8) is 0 Å². The maximum atomic E-state index is 4.42. The van der Waals surface area contributed by atoms with E-state index in [2.05, 4.69) is 26.5 Å². The number of pyridine rings is 1. The molecule has 0 unspecified atom stereocenters. The molecule has 5 nitrogen and oxygen atoms in total. The fraction of sp³-hybridized carbons (Fsp3) is 0.214. The number of aromatic nitrogens is 4. The molecule has 0 bridgehead atoms. The van der Waals surface area contributed by atoms with E-state index >= 15 is 0 Å². The lowest BCUT2D eigenvalue weighted by atomic mass is 10.1. The molecule has 96 valence electrons. The molecule has 1 N–H and O–H groups in total. The van der Waals surface area contributed by atoms with Crippen LogP contribution in [0.2, 0.25) is 0 Å². The van der Waals surface area contributed by atoms with Crippen LogP contribution in [0.1, 0.15) is 5.56 Å². The topological polar surface area (TPSA) is 55.6 Å². The number of hydrogen-bond acceptors (Lipinski definition) is 4. The molecule has 0 spiro atoms. The summed E-state index contributed by atoms with van der Waals surface area (Å²) in [6.07, 6.45) is 5.46. The van der Waals surface area contributed by atoms with Gasteiger partial charge in [-0.25, -0.2) is 9.97 Å². The molecule has 3 heterocycles. The minimum absolute atomic E-state index is 0.782. The van der Waals surface area contributed by atoms with Crippen LogP contribution in [0.15, 0.2) is 36.9 Å². The first-order valence-corrected chi connectivity index (χ1v) is 6.16. The second kappa shape index (κ2) is 4.78. The number of hydrogen-bond donors (Lipinski definition) is 1. The molecule has 0 saturated heterocycles. The van der Waals surface area contributed by atoms with Crippen molar-refractivity contribution in [1.29, 1.82) is 0 Å². The van der Waals surface area contributed by atoms with Gasteiger partial charge in [-0.3, -0.25) is 4.98 Å². The third kappa shape index (κ3) is 1.98. The van der Waals surface area contributed by atoms with Crippen LogP contribution in [0.4, 0.5) is 0 Å². The lowest BCUT2D eigenvalue weighted by Gasteiger charge is -2.04. The lowest BCUT2D eigenvalue weighted by molar-refractivity contribution is 0.815. The Hall–Kier alpha value is -2.27. The summed E-state index contributed by atoms with van der Waals surface area (Å²) >= 11 is 0. The lowest BCUT2D eigenvalue weighted by Crippen LogP contribution is -2.04. The van der Waals surface area contributed by atoms with Crippen molar-refractivity contribution in [3.8, 4) is 11.4 Å². The van der Waals surface area contributed by atoms with Crippen molar-refractivity contribution in [2.75, 3.05) is 7.05 Å². The average Bonchev–Trinajstić information content (AvgIpc) is 2.77. The first-order chi connectivity index (χ1) is 9.31. The fourth-order valence-electron chi connectivity index (χ4n) is 2.32. The van der Waals surface area contributed by atoms with E-state index in [9.17, 15) is 0 Å². The van der Waals surface area contributed by atoms with E-state index in [1.54, 1.807) is 12.5 Å². The van der Waals surface area contributed by atoms with E-state index in [4.69, 9.17) is 0 Å². The molecular formula is C14H15N5. The van der Waals surface area contributed by atoms with E-state index in [-0.39, 0.29) is 0 Å². The summed E-state index contributed by atoms with van der Waals surface area (Å²) in [6, 6.07) is 5.84. The Kier molecular flexibility index (Phi) is 2.97. The SMILES string of the molecule is CNCc1cn(C)c2ncnc(-c3ccccn3)c12. The molecule has 3 aromatic heterocycles. The van der Waals surface area contributed by atoms with Crippen LogP contribution in [0.3, 0.4) is 0 Å². The third-order valence-electron chi connectivity index (χ3n) is 3.11. The molecule has 3 rings (SSSR count). The van der Waals surface area contributed by atoms with Gasteiger partial charge >= 0.3 is 0 Å². The summed E-state index contributed by atoms with van der Waals surface area (Å²) in [4.78, 5) is 13.2. The van der Waals surface area contributed by atoms with E-state index in [0.717, 1.165) is 29.0 Å². The first-order valence-electron chi connectivity index (χ1n) is 6.16. The Labute approximate surface area is 111 Å². The van der Waals surface area contributed by atoms with Crippen LogP contribution in [0.5, 0.6) is 0 Å². The van der Waals surface area contributed by atoms with E-state index in [1.807, 2.05) is 36.9 Å². The minimum atomic E-state index is 0.782. The van der Waals surface area contributed by atoms with Crippen LogP contribution in [-0.2, 0) is 13.6 Å². The van der Waals surface area contributed by atoms with Crippen molar-refractivity contribution in [3.05, 3.63) is 42.5 Å². The molecule has 0 aliphatic carbocycles. The van der Waals surface area contributed by atoms with Crippen LogP contribution in [-0.4, -0.2) is 26.6 Å². The van der Waals surface area contributed by atoms with Crippen molar-refractivity contribution >= 4 is 11.0 Å². The van der Waals surface area contributed by atoms with E-state index in [1.165, 1.54) is 5.56 Å². The second-order valence-corrected chi connectivity index (χ2v) is 4.43. The molecule has 0 amide bonds. The Bertz CT molecular complexity index is 702. The highest BCUT2D eigenvalue weighted by Crippen LogP contribution is 2.27. The van der Waals surface area contributed by atoms with Gasteiger partial charge < -0.3 is 9.88 Å². The number of aryl methyl sites for hydroxylation is 1. The molecule has 3 aromatic rings. The maximum Gasteiger partial charge on any atom is 0.144 e. The van der Waals surface area contributed by atoms with Crippen molar-refractivity contribution in [2.45, 2.75) is 6.54 Å². The summed E-state index contributed by atoms with van der Waals surface area (Å²) in [5, 5.41) is 4.25. The number of nitrogens with one attached hydrogen (secondary N) is 1. The van der Waals surface area contributed by atoms with Gasteiger partial charge in [-0.05, 0) is 24.7 Å². The Morgan fingerprint density at radius 2 is 2.11 bits per heavy atom. The molecule has 0 aliphatic heterocycles. The highest BCUT2D eigenvalue weighted by atomic mass is 15.0. The van der Waals surface area contributed by atoms with Crippen molar-refractivity contribution < 1.29 is 0 Å². The Morgan fingerprint density at radius 1 is 1.21 bits per heavy atom. The normalized spacial score (nSPS) is 11.1. The molecule has 0 radical (unpaired) electrons. The van der Waals surface area contributed by atoms with Crippen LogP contribution < -0.4 is 5.32 Å². The van der Waals surface area contributed by atoms with E-state index in [0.29, 0.717) is 0 Å². The standard InChI is InChI=1S/C14H15N5/c1-15-7-10-8-19(2)14-12(10)13(17-9-18-14)11-5-3-4-6-16-11/h3-6,8-9,15H,7H2,1-2H3. The van der Waals surface area contributed by atoms with Crippen molar-refractivity contribution in [2.24, 2.45) is 7.05 Å². The molecule has 0 aromatic carbocycles. The molecule has 0 atom stereocenters. The zero-order chi connectivity index (χ0) is 13.2. The van der Waals surface area contributed by atoms with Gasteiger partial charge in [-0.15, -0.1) is 0 Å². The van der Waals surface area contributed by atoms with Gasteiger partial charge in [0.2, 0.25) is 0 Å². The smallest absolute Gasteiger partial charge is 0.144 e. The summed E-state index contributed by atoms with van der Waals surface area (Å²) in [6.45, 7) is 0.782. The molecule has 0 fully saturated rings. The molecular weight excluding hydrogens is 238 g/mol. The summed E-state index contributed by atoms with van der Waals surface area (Å²) in [7, 11) is 3.93. The van der Waals surface area contributed by atoms with Crippen LogP contribution in [0, 0.1) is 0 Å². The van der Waals surface area contributed by atoms with E-state index < -0.39 is 0 Å². The number of nitrogens with zero attached hydrogens (tertiary/aromatic N) is 4. The predicted molar refractivity (Wildman–Crippen MR) is 74.5 cm³/mol. The molecule has 0 saturated carbocycles. The number of fused-ring (bicyclic) bond motifs is 1. The van der Waals surface area contributed by atoms with Gasteiger partial charge in [0.15, 0.2) is 0 Å². The van der Waals surface area contributed by atoms with Crippen LogP contribution >= 0.6 is 0 Å². The Morgan fingerprint density at radius 3 is 2.84 bits per heavy atom. The predicted octanol–water partition coefficient (Wildman–Crippen LogP) is 1.75. The second-order valence-electron chi connectivity index (χ2n) is 4.43. The van der Waals surface area contributed by atoms with Crippen molar-refractivity contribution in [1.82, 2.24) is 24.8 Å². The fourth-order valence-corrected chi connectivity index (χ4v) is 2.32. The molecule has 19 heavy (non-hydrogen) atoms.